The Morgan fingerprint density at radius 2 is 2.04 bits per heavy atom. The highest BCUT2D eigenvalue weighted by atomic mass is 35.5. The standard InChI is InChI=1S/C17H20ClN3O2/c1-10(2)20-12-5-6-14(19-9-12)17(22)21-15-7-11(3)13(18)8-16(15)23-4/h5-10,20H,1-4H3,(H,21,22). The van der Waals surface area contributed by atoms with Crippen molar-refractivity contribution in [3.8, 4) is 5.75 Å². The van der Waals surface area contributed by atoms with E-state index in [9.17, 15) is 4.79 Å². The molecule has 0 aliphatic heterocycles. The van der Waals surface area contributed by atoms with Gasteiger partial charge in [-0.1, -0.05) is 11.6 Å². The second kappa shape index (κ2) is 7.33. The van der Waals surface area contributed by atoms with Gasteiger partial charge in [0.05, 0.1) is 24.7 Å². The zero-order valence-electron chi connectivity index (χ0n) is 13.6. The molecule has 0 atom stereocenters. The summed E-state index contributed by atoms with van der Waals surface area (Å²) in [5.41, 5.74) is 2.61. The molecule has 0 bridgehead atoms. The fourth-order valence-corrected chi connectivity index (χ4v) is 2.22. The molecule has 0 saturated heterocycles. The predicted molar refractivity (Wildman–Crippen MR) is 93.7 cm³/mol. The number of anilines is 2. The first-order chi connectivity index (χ1) is 10.9. The van der Waals surface area contributed by atoms with Crippen molar-refractivity contribution in [3.63, 3.8) is 0 Å². The first-order valence-electron chi connectivity index (χ1n) is 7.28. The molecule has 0 unspecified atom stereocenters. The minimum absolute atomic E-state index is 0.304. The van der Waals surface area contributed by atoms with Crippen LogP contribution in [-0.2, 0) is 0 Å². The van der Waals surface area contributed by atoms with E-state index in [-0.39, 0.29) is 5.91 Å². The highest BCUT2D eigenvalue weighted by Gasteiger charge is 2.13. The van der Waals surface area contributed by atoms with Crippen LogP contribution >= 0.6 is 11.6 Å². The van der Waals surface area contributed by atoms with Gasteiger partial charge in [-0.15, -0.1) is 0 Å². The summed E-state index contributed by atoms with van der Waals surface area (Å²) >= 11 is 6.06. The molecule has 23 heavy (non-hydrogen) atoms. The van der Waals surface area contributed by atoms with Gasteiger partial charge in [0.1, 0.15) is 11.4 Å². The number of hydrogen-bond donors (Lipinski definition) is 2. The minimum Gasteiger partial charge on any atom is -0.495 e. The Morgan fingerprint density at radius 3 is 2.61 bits per heavy atom. The summed E-state index contributed by atoms with van der Waals surface area (Å²) in [7, 11) is 1.53. The maximum absolute atomic E-state index is 12.3. The number of methoxy groups -OCH3 is 1. The number of nitrogens with one attached hydrogen (secondary N) is 2. The fourth-order valence-electron chi connectivity index (χ4n) is 2.06. The van der Waals surface area contributed by atoms with E-state index in [1.54, 1.807) is 24.4 Å². The van der Waals surface area contributed by atoms with Crippen molar-refractivity contribution in [1.82, 2.24) is 4.98 Å². The maximum atomic E-state index is 12.3. The van der Waals surface area contributed by atoms with Gasteiger partial charge >= 0.3 is 0 Å². The normalized spacial score (nSPS) is 10.5. The van der Waals surface area contributed by atoms with Crippen molar-refractivity contribution in [2.24, 2.45) is 0 Å². The van der Waals surface area contributed by atoms with E-state index >= 15 is 0 Å². The number of benzene rings is 1. The van der Waals surface area contributed by atoms with Crippen molar-refractivity contribution in [2.45, 2.75) is 26.8 Å². The van der Waals surface area contributed by atoms with E-state index in [1.165, 1.54) is 7.11 Å². The molecule has 1 aromatic carbocycles. The second-order valence-corrected chi connectivity index (χ2v) is 5.89. The lowest BCUT2D eigenvalue weighted by molar-refractivity contribution is 0.102. The number of ether oxygens (including phenoxy) is 1. The van der Waals surface area contributed by atoms with Gasteiger partial charge < -0.3 is 15.4 Å². The van der Waals surface area contributed by atoms with E-state index in [4.69, 9.17) is 16.3 Å². The summed E-state index contributed by atoms with van der Waals surface area (Å²) in [5.74, 6) is 0.202. The first kappa shape index (κ1) is 17.1. The number of carbonyl (C=O) groups is 1. The van der Waals surface area contributed by atoms with E-state index in [0.717, 1.165) is 11.3 Å². The average molecular weight is 334 g/mol. The summed E-state index contributed by atoms with van der Waals surface area (Å²) in [6.45, 7) is 5.94. The lowest BCUT2D eigenvalue weighted by Crippen LogP contribution is -2.15. The third-order valence-corrected chi connectivity index (χ3v) is 3.59. The lowest BCUT2D eigenvalue weighted by atomic mass is 10.2. The van der Waals surface area contributed by atoms with Crippen molar-refractivity contribution in [3.05, 3.63) is 46.7 Å². The van der Waals surface area contributed by atoms with Gasteiger partial charge in [-0.05, 0) is 44.5 Å². The average Bonchev–Trinajstić information content (AvgIpc) is 2.50. The number of rotatable bonds is 5. The smallest absolute Gasteiger partial charge is 0.274 e. The second-order valence-electron chi connectivity index (χ2n) is 5.49. The van der Waals surface area contributed by atoms with Gasteiger partial charge in [0.25, 0.3) is 5.91 Å². The third kappa shape index (κ3) is 4.36. The van der Waals surface area contributed by atoms with Crippen LogP contribution in [0, 0.1) is 6.92 Å². The van der Waals surface area contributed by atoms with E-state index in [2.05, 4.69) is 15.6 Å². The molecule has 1 aromatic heterocycles. The SMILES string of the molecule is COc1cc(Cl)c(C)cc1NC(=O)c1ccc(NC(C)C)cn1. The number of aryl methyl sites for hydroxylation is 1. The number of pyridine rings is 1. The topological polar surface area (TPSA) is 63.2 Å². The van der Waals surface area contributed by atoms with Crippen molar-refractivity contribution in [2.75, 3.05) is 17.7 Å². The van der Waals surface area contributed by atoms with Crippen molar-refractivity contribution in [1.29, 1.82) is 0 Å². The molecule has 5 nitrogen and oxygen atoms in total. The number of amides is 1. The number of hydrogen-bond acceptors (Lipinski definition) is 4. The molecular formula is C17H20ClN3O2. The molecule has 2 aromatic rings. The first-order valence-corrected chi connectivity index (χ1v) is 7.66. The zero-order chi connectivity index (χ0) is 17.0. The van der Waals surface area contributed by atoms with Crippen LogP contribution in [0.3, 0.4) is 0 Å². The zero-order valence-corrected chi connectivity index (χ0v) is 14.4. The van der Waals surface area contributed by atoms with Crippen LogP contribution in [0.1, 0.15) is 29.9 Å². The molecule has 0 saturated carbocycles. The predicted octanol–water partition coefficient (Wildman–Crippen LogP) is 4.12. The molecule has 0 aliphatic rings. The molecule has 1 heterocycles. The summed E-state index contributed by atoms with van der Waals surface area (Å²) in [6, 6.07) is 7.25. The number of halogens is 1. The fraction of sp³-hybridized carbons (Fsp3) is 0.294. The van der Waals surface area contributed by atoms with Gasteiger partial charge in [0, 0.05) is 17.1 Å². The molecule has 0 aliphatic carbocycles. The molecule has 122 valence electrons. The molecule has 0 spiro atoms. The van der Waals surface area contributed by atoms with Crippen LogP contribution in [-0.4, -0.2) is 24.0 Å². The number of nitrogens with zero attached hydrogens (tertiary/aromatic N) is 1. The van der Waals surface area contributed by atoms with Crippen molar-refractivity contribution < 1.29 is 9.53 Å². The Labute approximate surface area is 141 Å². The quantitative estimate of drug-likeness (QED) is 0.863. The van der Waals surface area contributed by atoms with E-state index in [1.807, 2.05) is 26.8 Å². The van der Waals surface area contributed by atoms with Gasteiger partial charge in [0.2, 0.25) is 0 Å². The number of carbonyl (C=O) groups excluding carboxylic acids is 1. The summed E-state index contributed by atoms with van der Waals surface area (Å²) in [6.07, 6.45) is 1.64. The number of aromatic nitrogens is 1. The van der Waals surface area contributed by atoms with Crippen LogP contribution < -0.4 is 15.4 Å². The third-order valence-electron chi connectivity index (χ3n) is 3.18. The van der Waals surface area contributed by atoms with Crippen LogP contribution in [0.2, 0.25) is 5.02 Å². The molecule has 6 heteroatoms. The molecule has 2 rings (SSSR count). The van der Waals surface area contributed by atoms with Crippen LogP contribution in [0.4, 0.5) is 11.4 Å². The molecular weight excluding hydrogens is 314 g/mol. The van der Waals surface area contributed by atoms with Crippen LogP contribution in [0.25, 0.3) is 0 Å². The summed E-state index contributed by atoms with van der Waals surface area (Å²) in [4.78, 5) is 16.5. The van der Waals surface area contributed by atoms with Crippen LogP contribution in [0.5, 0.6) is 5.75 Å². The molecule has 1 amide bonds. The van der Waals surface area contributed by atoms with Gasteiger partial charge in [-0.3, -0.25) is 4.79 Å². The van der Waals surface area contributed by atoms with Gasteiger partial charge in [-0.2, -0.15) is 0 Å². The Balaban J connectivity index is 2.17. The Kier molecular flexibility index (Phi) is 5.45. The highest BCUT2D eigenvalue weighted by Crippen LogP contribution is 2.31. The molecule has 2 N–H and O–H groups in total. The van der Waals surface area contributed by atoms with Crippen LogP contribution in [0.15, 0.2) is 30.5 Å². The Bertz CT molecular complexity index is 700. The summed E-state index contributed by atoms with van der Waals surface area (Å²) < 4.78 is 5.25. The molecule has 0 fully saturated rings. The Hall–Kier alpha value is -2.27. The van der Waals surface area contributed by atoms with Gasteiger partial charge in [0.15, 0.2) is 0 Å². The molecule has 0 radical (unpaired) electrons. The van der Waals surface area contributed by atoms with Crippen molar-refractivity contribution >= 4 is 28.9 Å². The van der Waals surface area contributed by atoms with E-state index < -0.39 is 0 Å². The Morgan fingerprint density at radius 1 is 1.30 bits per heavy atom. The van der Waals surface area contributed by atoms with E-state index in [0.29, 0.717) is 28.2 Å². The largest absolute Gasteiger partial charge is 0.495 e. The highest BCUT2D eigenvalue weighted by molar-refractivity contribution is 6.31. The minimum atomic E-state index is -0.305. The maximum Gasteiger partial charge on any atom is 0.274 e. The summed E-state index contributed by atoms with van der Waals surface area (Å²) in [5, 5.41) is 6.61. The monoisotopic (exact) mass is 333 g/mol. The lowest BCUT2D eigenvalue weighted by Gasteiger charge is -2.13. The van der Waals surface area contributed by atoms with Gasteiger partial charge in [-0.25, -0.2) is 4.98 Å².